The molecule has 38 heavy (non-hydrogen) atoms. The molecule has 2 aromatic rings. The number of hydrogen-bond donors (Lipinski definition) is 0. The zero-order valence-electron chi connectivity index (χ0n) is 18.5. The number of carbonyl (C=O) groups excluding carboxylic acids is 1. The largest absolute Gasteiger partial charge is 0.444 e. The van der Waals surface area contributed by atoms with Crippen LogP contribution in [0.3, 0.4) is 0 Å². The van der Waals surface area contributed by atoms with Crippen molar-refractivity contribution >= 4 is 40.4 Å². The van der Waals surface area contributed by atoms with Crippen LogP contribution < -0.4 is 0 Å². The molecule has 2 aliphatic rings. The number of halogens is 8. The minimum atomic E-state index is -5.19. The number of carbonyl (C=O) groups is 1. The second-order valence-electron chi connectivity index (χ2n) is 7.68. The topological polar surface area (TPSA) is 111 Å². The Hall–Kier alpha value is -3.27. The van der Waals surface area contributed by atoms with Crippen LogP contribution in [0.1, 0.15) is 11.4 Å². The number of Topliss-reactive ketones (excluding diaryl/α,β-unsaturated/α-hetero) is 1. The average Bonchev–Trinajstić information content (AvgIpc) is 3.48. The summed E-state index contributed by atoms with van der Waals surface area (Å²) in [6, 6.07) is 5.22. The van der Waals surface area contributed by atoms with E-state index in [4.69, 9.17) is 32.7 Å². The van der Waals surface area contributed by atoms with Gasteiger partial charge in [0.05, 0.1) is 11.4 Å². The van der Waals surface area contributed by atoms with E-state index in [1.165, 1.54) is 36.7 Å². The van der Waals surface area contributed by atoms with Crippen molar-refractivity contribution in [3.8, 4) is 0 Å². The van der Waals surface area contributed by atoms with E-state index in [9.17, 15) is 31.1 Å². The van der Waals surface area contributed by atoms with Gasteiger partial charge in [0.25, 0.3) is 11.4 Å². The average molecular weight is 581 g/mol. The number of alkyl halides is 6. The zero-order valence-corrected chi connectivity index (χ0v) is 20.0. The molecule has 0 spiro atoms. The summed E-state index contributed by atoms with van der Waals surface area (Å²) in [6.45, 7) is -2.66. The molecule has 4 heterocycles. The third kappa shape index (κ3) is 5.60. The SMILES string of the molecule is O=C(COC1(C(F)(F)F)C=C(c2cc(Cl)ccn2)N=N1)COC1(C(F)(F)F)C=C(c2cc(Cl)ccn2)N=N1. The minimum absolute atomic E-state index is 0.0545. The molecule has 0 N–H and O–H groups in total. The van der Waals surface area contributed by atoms with E-state index in [2.05, 4.69) is 30.4 Å². The number of aromatic nitrogens is 2. The summed E-state index contributed by atoms with van der Waals surface area (Å²) in [7, 11) is 0. The number of rotatable bonds is 8. The van der Waals surface area contributed by atoms with Gasteiger partial charge in [0.15, 0.2) is 5.78 Å². The second-order valence-corrected chi connectivity index (χ2v) is 8.56. The number of ether oxygens (including phenoxy) is 2. The van der Waals surface area contributed by atoms with Gasteiger partial charge in [-0.3, -0.25) is 14.8 Å². The molecule has 0 saturated heterocycles. The first-order chi connectivity index (χ1) is 17.7. The number of azo groups is 2. The minimum Gasteiger partial charge on any atom is -0.334 e. The van der Waals surface area contributed by atoms with Gasteiger partial charge in [0.2, 0.25) is 0 Å². The number of ketones is 1. The van der Waals surface area contributed by atoms with Crippen LogP contribution in [-0.2, 0) is 14.3 Å². The van der Waals surface area contributed by atoms with Gasteiger partial charge in [-0.05, 0) is 24.3 Å². The molecule has 0 bridgehead atoms. The van der Waals surface area contributed by atoms with Gasteiger partial charge >= 0.3 is 12.4 Å². The molecule has 0 aliphatic carbocycles. The first-order valence-corrected chi connectivity index (χ1v) is 11.0. The van der Waals surface area contributed by atoms with Gasteiger partial charge in [-0.1, -0.05) is 23.2 Å². The van der Waals surface area contributed by atoms with Crippen molar-refractivity contribution in [2.24, 2.45) is 20.5 Å². The van der Waals surface area contributed by atoms with Crippen LogP contribution in [0.25, 0.3) is 11.4 Å². The van der Waals surface area contributed by atoms with E-state index in [1.807, 2.05) is 0 Å². The highest BCUT2D eigenvalue weighted by molar-refractivity contribution is 6.31. The highest BCUT2D eigenvalue weighted by atomic mass is 35.5. The molecule has 4 rings (SSSR count). The highest BCUT2D eigenvalue weighted by Crippen LogP contribution is 2.44. The number of pyridine rings is 2. The summed E-state index contributed by atoms with van der Waals surface area (Å²) in [5.41, 5.74) is -7.57. The van der Waals surface area contributed by atoms with Crippen LogP contribution in [0.4, 0.5) is 26.3 Å². The lowest BCUT2D eigenvalue weighted by Gasteiger charge is -2.27. The monoisotopic (exact) mass is 580 g/mol. The zero-order chi connectivity index (χ0) is 27.8. The second kappa shape index (κ2) is 10.1. The fourth-order valence-electron chi connectivity index (χ4n) is 3.09. The maximum absolute atomic E-state index is 13.8. The van der Waals surface area contributed by atoms with Crippen molar-refractivity contribution in [3.05, 3.63) is 70.2 Å². The summed E-state index contributed by atoms with van der Waals surface area (Å²) in [5, 5.41) is 13.4. The predicted molar refractivity (Wildman–Crippen MR) is 119 cm³/mol. The Morgan fingerprint density at radius 1 is 0.763 bits per heavy atom. The maximum atomic E-state index is 13.8. The number of nitrogens with zero attached hydrogens (tertiary/aromatic N) is 6. The molecule has 2 aliphatic heterocycles. The van der Waals surface area contributed by atoms with Crippen molar-refractivity contribution < 1.29 is 40.6 Å². The smallest absolute Gasteiger partial charge is 0.334 e. The quantitative estimate of drug-likeness (QED) is 0.344. The van der Waals surface area contributed by atoms with Crippen LogP contribution >= 0.6 is 23.2 Å². The van der Waals surface area contributed by atoms with Crippen LogP contribution in [0.2, 0.25) is 10.0 Å². The van der Waals surface area contributed by atoms with E-state index in [0.29, 0.717) is 12.2 Å². The van der Waals surface area contributed by atoms with Crippen molar-refractivity contribution in [2.45, 2.75) is 23.8 Å². The third-order valence-electron chi connectivity index (χ3n) is 4.96. The molecule has 2 atom stereocenters. The van der Waals surface area contributed by atoms with Crippen LogP contribution in [0, 0.1) is 0 Å². The Morgan fingerprint density at radius 2 is 1.16 bits per heavy atom. The summed E-state index contributed by atoms with van der Waals surface area (Å²) in [6.07, 6.45) is -6.99. The molecular weight excluding hydrogens is 569 g/mol. The molecule has 9 nitrogen and oxygen atoms in total. The Balaban J connectivity index is 1.48. The summed E-state index contributed by atoms with van der Waals surface area (Å²) in [4.78, 5) is 19.9. The molecule has 0 amide bonds. The fraction of sp³-hybridized carbons (Fsp3) is 0.286. The van der Waals surface area contributed by atoms with E-state index in [1.54, 1.807) is 0 Å². The third-order valence-corrected chi connectivity index (χ3v) is 5.44. The first kappa shape index (κ1) is 27.8. The molecule has 0 fully saturated rings. The number of hydrogen-bond acceptors (Lipinski definition) is 9. The van der Waals surface area contributed by atoms with E-state index >= 15 is 0 Å². The van der Waals surface area contributed by atoms with Gasteiger partial charge in [-0.2, -0.15) is 36.6 Å². The van der Waals surface area contributed by atoms with Crippen LogP contribution in [0.15, 0.2) is 69.3 Å². The van der Waals surface area contributed by atoms with Crippen molar-refractivity contribution in [1.29, 1.82) is 0 Å². The van der Waals surface area contributed by atoms with Crippen molar-refractivity contribution in [2.75, 3.05) is 13.2 Å². The molecule has 0 aromatic carbocycles. The Kier molecular flexibility index (Phi) is 7.40. The standard InChI is InChI=1S/C21H12Cl2F6N6O3/c22-11-1-3-30-14(5-11)16-7-18(34-32-16,20(24,25)26)37-9-13(36)10-38-19(21(27,28)29)8-17(33-35-19)15-6-12(23)2-4-31-15/h1-8H,9-10H2. The lowest BCUT2D eigenvalue weighted by atomic mass is 10.1. The summed E-state index contributed by atoms with van der Waals surface area (Å²) < 4.78 is 92.2. The first-order valence-electron chi connectivity index (χ1n) is 10.2. The molecule has 17 heteroatoms. The predicted octanol–water partition coefficient (Wildman–Crippen LogP) is 6.22. The van der Waals surface area contributed by atoms with E-state index in [-0.39, 0.29) is 32.8 Å². The normalized spacial score (nSPS) is 23.1. The maximum Gasteiger partial charge on any atom is 0.444 e. The van der Waals surface area contributed by atoms with E-state index in [0.717, 1.165) is 0 Å². The van der Waals surface area contributed by atoms with Crippen LogP contribution in [0.5, 0.6) is 0 Å². The lowest BCUT2D eigenvalue weighted by molar-refractivity contribution is -0.259. The fourth-order valence-corrected chi connectivity index (χ4v) is 3.41. The Bertz CT molecular complexity index is 1280. The van der Waals surface area contributed by atoms with Crippen molar-refractivity contribution in [1.82, 2.24) is 9.97 Å². The van der Waals surface area contributed by atoms with E-state index < -0.39 is 42.8 Å². The highest BCUT2D eigenvalue weighted by Gasteiger charge is 2.60. The molecule has 2 aromatic heterocycles. The Morgan fingerprint density at radius 3 is 1.50 bits per heavy atom. The van der Waals surface area contributed by atoms with Crippen LogP contribution in [-0.4, -0.2) is 52.8 Å². The molecular formula is C21H12Cl2F6N6O3. The van der Waals surface area contributed by atoms with Gasteiger partial charge in [-0.25, -0.2) is 0 Å². The molecule has 0 saturated carbocycles. The van der Waals surface area contributed by atoms with Gasteiger partial charge in [-0.15, -0.1) is 10.2 Å². The molecule has 0 radical (unpaired) electrons. The summed E-state index contributed by atoms with van der Waals surface area (Å²) >= 11 is 11.6. The van der Waals surface area contributed by atoms with Gasteiger partial charge < -0.3 is 9.47 Å². The molecule has 2 unspecified atom stereocenters. The lowest BCUT2D eigenvalue weighted by Crippen LogP contribution is -2.46. The van der Waals surface area contributed by atoms with Crippen molar-refractivity contribution in [3.63, 3.8) is 0 Å². The van der Waals surface area contributed by atoms with Gasteiger partial charge in [0, 0.05) is 34.6 Å². The van der Waals surface area contributed by atoms with Gasteiger partial charge in [0.1, 0.15) is 24.6 Å². The summed E-state index contributed by atoms with van der Waals surface area (Å²) in [5.74, 6) is -1.28. The Labute approximate surface area is 218 Å². The molecule has 200 valence electrons.